The first-order chi connectivity index (χ1) is 7.61. The van der Waals surface area contributed by atoms with Crippen molar-refractivity contribution in [1.29, 1.82) is 0 Å². The van der Waals surface area contributed by atoms with Crippen molar-refractivity contribution in [2.75, 3.05) is 20.8 Å². The Hall–Kier alpha value is -1.10. The van der Waals surface area contributed by atoms with E-state index >= 15 is 0 Å². The van der Waals surface area contributed by atoms with E-state index in [2.05, 4.69) is 4.74 Å². The molecule has 94 valence electrons. The number of hydrogen-bond acceptors (Lipinski definition) is 4. The van der Waals surface area contributed by atoms with Crippen LogP contribution in [0.2, 0.25) is 0 Å². The van der Waals surface area contributed by atoms with Crippen LogP contribution < -0.4 is 0 Å². The van der Waals surface area contributed by atoms with E-state index < -0.39 is 11.9 Å². The molecule has 0 bridgehead atoms. The number of carbonyl (C=O) groups excluding carboxylic acids is 1. The predicted octanol–water partition coefficient (Wildman–Crippen LogP) is 1.46. The van der Waals surface area contributed by atoms with E-state index in [-0.39, 0.29) is 12.4 Å². The minimum Gasteiger partial charge on any atom is -0.481 e. The summed E-state index contributed by atoms with van der Waals surface area (Å²) in [4.78, 5) is 21.8. The average Bonchev–Trinajstić information content (AvgIpc) is 2.27. The average molecular weight is 232 g/mol. The summed E-state index contributed by atoms with van der Waals surface area (Å²) in [6.07, 6.45) is 2.73. The molecule has 0 aliphatic heterocycles. The maximum atomic E-state index is 10.9. The molecule has 0 aromatic rings. The number of unbranched alkanes of at least 4 members (excludes halogenated alkanes) is 1. The van der Waals surface area contributed by atoms with Gasteiger partial charge in [0.1, 0.15) is 0 Å². The van der Waals surface area contributed by atoms with Gasteiger partial charge in [0.25, 0.3) is 0 Å². The monoisotopic (exact) mass is 232 g/mol. The highest BCUT2D eigenvalue weighted by Gasteiger charge is 2.18. The van der Waals surface area contributed by atoms with Crippen LogP contribution in [0.4, 0.5) is 0 Å². The molecule has 0 spiro atoms. The van der Waals surface area contributed by atoms with Crippen molar-refractivity contribution in [3.63, 3.8) is 0 Å². The van der Waals surface area contributed by atoms with Crippen LogP contribution in [0, 0.1) is 5.92 Å². The zero-order valence-corrected chi connectivity index (χ0v) is 9.90. The molecule has 0 saturated carbocycles. The van der Waals surface area contributed by atoms with Crippen molar-refractivity contribution in [3.8, 4) is 0 Å². The molecular formula is C11H20O5. The Morgan fingerprint density at radius 2 is 1.88 bits per heavy atom. The third kappa shape index (κ3) is 7.23. The Balaban J connectivity index is 3.80. The number of rotatable bonds is 9. The molecule has 0 aliphatic carbocycles. The normalized spacial score (nSPS) is 12.1. The van der Waals surface area contributed by atoms with E-state index in [0.29, 0.717) is 19.4 Å². The molecule has 0 rings (SSSR count). The fraction of sp³-hybridized carbons (Fsp3) is 0.818. The van der Waals surface area contributed by atoms with Crippen LogP contribution in [-0.2, 0) is 19.1 Å². The molecule has 0 saturated heterocycles. The van der Waals surface area contributed by atoms with Crippen molar-refractivity contribution in [2.24, 2.45) is 5.92 Å². The zero-order chi connectivity index (χ0) is 12.4. The fourth-order valence-electron chi connectivity index (χ4n) is 1.42. The number of hydrogen-bond donors (Lipinski definition) is 1. The lowest BCUT2D eigenvalue weighted by atomic mass is 9.97. The Bertz CT molecular complexity index is 214. The van der Waals surface area contributed by atoms with Crippen LogP contribution in [0.15, 0.2) is 0 Å². The minimum absolute atomic E-state index is 0.164. The number of carboxylic acids is 1. The summed E-state index contributed by atoms with van der Waals surface area (Å²) in [6.45, 7) is 0.642. The number of carbonyl (C=O) groups is 2. The lowest BCUT2D eigenvalue weighted by molar-refractivity contribution is -0.144. The highest BCUT2D eigenvalue weighted by Crippen LogP contribution is 2.15. The van der Waals surface area contributed by atoms with E-state index in [1.807, 2.05) is 0 Å². The van der Waals surface area contributed by atoms with Crippen molar-refractivity contribution in [2.45, 2.75) is 32.1 Å². The molecule has 1 unspecified atom stereocenters. The summed E-state index contributed by atoms with van der Waals surface area (Å²) in [7, 11) is 2.92. The Kier molecular flexibility index (Phi) is 8.52. The summed E-state index contributed by atoms with van der Waals surface area (Å²) < 4.78 is 9.35. The molecule has 1 N–H and O–H groups in total. The second-order valence-electron chi connectivity index (χ2n) is 3.64. The highest BCUT2D eigenvalue weighted by atomic mass is 16.5. The van der Waals surface area contributed by atoms with Gasteiger partial charge in [0.15, 0.2) is 0 Å². The van der Waals surface area contributed by atoms with E-state index in [9.17, 15) is 9.59 Å². The number of ether oxygens (including phenoxy) is 2. The first-order valence-corrected chi connectivity index (χ1v) is 5.40. The molecule has 1 atom stereocenters. The van der Waals surface area contributed by atoms with E-state index in [4.69, 9.17) is 9.84 Å². The van der Waals surface area contributed by atoms with Gasteiger partial charge in [0, 0.05) is 20.1 Å². The van der Waals surface area contributed by atoms with E-state index in [0.717, 1.165) is 12.8 Å². The molecule has 0 fully saturated rings. The smallest absolute Gasteiger partial charge is 0.306 e. The van der Waals surface area contributed by atoms with Gasteiger partial charge in [-0.1, -0.05) is 6.42 Å². The van der Waals surface area contributed by atoms with Crippen LogP contribution in [0.25, 0.3) is 0 Å². The van der Waals surface area contributed by atoms with Gasteiger partial charge in [-0.3, -0.25) is 9.59 Å². The van der Waals surface area contributed by atoms with Gasteiger partial charge in [-0.25, -0.2) is 0 Å². The molecule has 5 heteroatoms. The SMILES string of the molecule is COCCCCC(CCC(=O)OC)C(=O)O. The molecule has 16 heavy (non-hydrogen) atoms. The fourth-order valence-corrected chi connectivity index (χ4v) is 1.42. The molecule has 0 aliphatic rings. The quantitative estimate of drug-likeness (QED) is 0.481. The Morgan fingerprint density at radius 1 is 1.19 bits per heavy atom. The second kappa shape index (κ2) is 9.15. The van der Waals surface area contributed by atoms with Crippen molar-refractivity contribution < 1.29 is 24.2 Å². The third-order valence-electron chi connectivity index (χ3n) is 2.42. The van der Waals surface area contributed by atoms with Crippen LogP contribution in [-0.4, -0.2) is 37.9 Å². The van der Waals surface area contributed by atoms with Gasteiger partial charge in [0.2, 0.25) is 0 Å². The minimum atomic E-state index is -0.846. The highest BCUT2D eigenvalue weighted by molar-refractivity contribution is 5.73. The molecule has 0 aromatic carbocycles. The molecule has 0 heterocycles. The largest absolute Gasteiger partial charge is 0.481 e. The molecule has 0 radical (unpaired) electrons. The van der Waals surface area contributed by atoms with Gasteiger partial charge >= 0.3 is 11.9 Å². The van der Waals surface area contributed by atoms with Crippen molar-refractivity contribution in [3.05, 3.63) is 0 Å². The summed E-state index contributed by atoms with van der Waals surface area (Å²) in [6, 6.07) is 0. The summed E-state index contributed by atoms with van der Waals surface area (Å²) in [5.74, 6) is -1.67. The van der Waals surface area contributed by atoms with Gasteiger partial charge in [-0.2, -0.15) is 0 Å². The van der Waals surface area contributed by atoms with Crippen molar-refractivity contribution in [1.82, 2.24) is 0 Å². The standard InChI is InChI=1S/C11H20O5/c1-15-8-4-3-5-9(11(13)14)6-7-10(12)16-2/h9H,3-8H2,1-2H3,(H,13,14). The maximum Gasteiger partial charge on any atom is 0.306 e. The summed E-state index contributed by atoms with van der Waals surface area (Å²) in [5, 5.41) is 8.93. The van der Waals surface area contributed by atoms with Gasteiger partial charge in [0.05, 0.1) is 13.0 Å². The number of esters is 1. The van der Waals surface area contributed by atoms with Crippen LogP contribution in [0.3, 0.4) is 0 Å². The lowest BCUT2D eigenvalue weighted by Crippen LogP contribution is -2.16. The number of aliphatic carboxylic acids is 1. The summed E-state index contributed by atoms with van der Waals surface area (Å²) >= 11 is 0. The third-order valence-corrected chi connectivity index (χ3v) is 2.42. The first-order valence-electron chi connectivity index (χ1n) is 5.40. The Labute approximate surface area is 95.7 Å². The van der Waals surface area contributed by atoms with Crippen LogP contribution in [0.1, 0.15) is 32.1 Å². The second-order valence-corrected chi connectivity index (χ2v) is 3.64. The van der Waals surface area contributed by atoms with Crippen LogP contribution >= 0.6 is 0 Å². The van der Waals surface area contributed by atoms with Gasteiger partial charge < -0.3 is 14.6 Å². The maximum absolute atomic E-state index is 10.9. The zero-order valence-electron chi connectivity index (χ0n) is 9.90. The number of methoxy groups -OCH3 is 2. The topological polar surface area (TPSA) is 72.8 Å². The van der Waals surface area contributed by atoms with Gasteiger partial charge in [-0.05, 0) is 19.3 Å². The van der Waals surface area contributed by atoms with E-state index in [1.54, 1.807) is 7.11 Å². The molecular weight excluding hydrogens is 212 g/mol. The molecule has 0 aromatic heterocycles. The predicted molar refractivity (Wildman–Crippen MR) is 58.1 cm³/mol. The molecule has 0 amide bonds. The van der Waals surface area contributed by atoms with Crippen LogP contribution in [0.5, 0.6) is 0 Å². The van der Waals surface area contributed by atoms with E-state index in [1.165, 1.54) is 7.11 Å². The Morgan fingerprint density at radius 3 is 2.38 bits per heavy atom. The first kappa shape index (κ1) is 14.9. The summed E-state index contributed by atoms with van der Waals surface area (Å²) in [5.41, 5.74) is 0. The van der Waals surface area contributed by atoms with Gasteiger partial charge in [-0.15, -0.1) is 0 Å². The number of carboxylic acid groups (broad SMARTS) is 1. The molecule has 5 nitrogen and oxygen atoms in total. The van der Waals surface area contributed by atoms with Crippen molar-refractivity contribution >= 4 is 11.9 Å². The lowest BCUT2D eigenvalue weighted by Gasteiger charge is -2.10.